The first-order valence-electron chi connectivity index (χ1n) is 27.1. The van der Waals surface area contributed by atoms with Gasteiger partial charge >= 0.3 is 17.9 Å². The SMILES string of the molecule is [3H]S(C)(CPO)P(C)CS([3H])(C)P(C)CS([3H])(C)P(C)S([3H])(C)(C)(C)NC(=O)CCOCCC(=O)OC[C@H](COC(=O)CCCCCCCCCCCCC)OC(=O)CCCCCCCCCCCCC. The van der Waals surface area contributed by atoms with Crippen molar-refractivity contribution in [1.82, 2.24) is 4.72 Å². The van der Waals surface area contributed by atoms with Crippen molar-refractivity contribution < 1.29 is 43.0 Å². The van der Waals surface area contributed by atoms with Gasteiger partial charge in [-0.15, -0.1) is 0 Å². The lowest BCUT2D eigenvalue weighted by atomic mass is 10.1. The van der Waals surface area contributed by atoms with Crippen LogP contribution in [0.3, 0.4) is 0 Å². The van der Waals surface area contributed by atoms with Crippen LogP contribution in [0.5, 0.6) is 0 Å². The van der Waals surface area contributed by atoms with Gasteiger partial charge in [0.2, 0.25) is 5.91 Å². The van der Waals surface area contributed by atoms with E-state index in [-0.39, 0.29) is 72.8 Å². The van der Waals surface area contributed by atoms with E-state index in [4.69, 9.17) is 20.1 Å². The normalized spacial score (nSPS) is 20.0. The smallest absolute Gasteiger partial charge is 0.308 e. The molecule has 0 radical (unpaired) electrons. The van der Waals surface area contributed by atoms with Crippen LogP contribution in [0.1, 0.15) is 181 Å². The number of unbranched alkanes of at least 4 members (excludes halogenated alkanes) is 20. The molecular weight excluding hydrogens is 999 g/mol. The highest BCUT2D eigenvalue weighted by atomic mass is 33.2. The highest BCUT2D eigenvalue weighted by molar-refractivity contribution is 9.09. The third kappa shape index (κ3) is 38.2. The monoisotopic (exact) mass is 1110 g/mol. The number of nitrogens with one attached hydrogen (secondary N) is 1. The molecule has 0 aliphatic rings. The van der Waals surface area contributed by atoms with Crippen molar-refractivity contribution in [2.24, 2.45) is 0 Å². The Morgan fingerprint density at radius 2 is 0.985 bits per heavy atom. The molecule has 0 aliphatic carbocycles. The molecule has 0 rings (SSSR count). The van der Waals surface area contributed by atoms with E-state index in [2.05, 4.69) is 31.9 Å². The molecule has 0 aliphatic heterocycles. The minimum atomic E-state index is -4.06. The second-order valence-corrected chi connectivity index (χ2v) is 52.1. The van der Waals surface area contributed by atoms with Crippen molar-refractivity contribution in [3.05, 3.63) is 0 Å². The van der Waals surface area contributed by atoms with Gasteiger partial charge in [-0.1, -0.05) is 157 Å². The Bertz CT molecular complexity index is 1510. The van der Waals surface area contributed by atoms with Gasteiger partial charge in [-0.2, -0.15) is 0 Å². The minimum Gasteiger partial charge on any atom is -0.462 e. The Kier molecular flexibility index (Phi) is 38.2. The van der Waals surface area contributed by atoms with Gasteiger partial charge in [0, 0.05) is 38.1 Å². The van der Waals surface area contributed by atoms with Crippen molar-refractivity contribution in [3.8, 4) is 0 Å². The van der Waals surface area contributed by atoms with Gasteiger partial charge in [-0.3, -0.25) is 19.2 Å². The summed E-state index contributed by atoms with van der Waals surface area (Å²) < 4.78 is 63.1. The topological polar surface area (TPSA) is 137 Å². The first-order valence-corrected chi connectivity index (χ1v) is 43.5. The number of esters is 3. The fraction of sp³-hybridized carbons (Fsp3) is 0.918. The summed E-state index contributed by atoms with van der Waals surface area (Å²) >= 11 is 0. The molecule has 1 amide bonds. The second kappa shape index (κ2) is 42.3. The Morgan fingerprint density at radius 3 is 1.45 bits per heavy atom. The maximum absolute atomic E-state index is 13.4. The van der Waals surface area contributed by atoms with Gasteiger partial charge in [0.15, 0.2) is 6.10 Å². The van der Waals surface area contributed by atoms with Gasteiger partial charge in [0.25, 0.3) is 0 Å². The average Bonchev–Trinajstić information content (AvgIpc) is 3.26. The number of rotatable bonds is 46. The van der Waals surface area contributed by atoms with E-state index in [1.165, 1.54) is 96.3 Å². The number of ether oxygens (including phenoxy) is 4. The summed E-state index contributed by atoms with van der Waals surface area (Å²) in [5.74, 6) is -1.71. The molecule has 18 heteroatoms. The molecule has 2 N–H and O–H groups in total. The van der Waals surface area contributed by atoms with Crippen molar-refractivity contribution in [2.75, 3.05) is 100 Å². The van der Waals surface area contributed by atoms with E-state index in [0.717, 1.165) is 38.5 Å². The Labute approximate surface area is 430 Å². The lowest BCUT2D eigenvalue weighted by Crippen LogP contribution is -2.35. The maximum atomic E-state index is 13.4. The summed E-state index contributed by atoms with van der Waals surface area (Å²) in [4.78, 5) is 61.2. The molecule has 0 spiro atoms. The van der Waals surface area contributed by atoms with Crippen LogP contribution in [0.25, 0.3) is 0 Å². The zero-order valence-corrected chi connectivity index (χ0v) is 51.5. The third-order valence-corrected chi connectivity index (χ3v) is 52.6. The summed E-state index contributed by atoms with van der Waals surface area (Å²) in [6, 6.07) is 0. The van der Waals surface area contributed by atoms with Gasteiger partial charge in [0.1, 0.15) is 13.2 Å². The molecule has 7 unspecified atom stereocenters. The van der Waals surface area contributed by atoms with Crippen molar-refractivity contribution >= 4 is 93.3 Å². The molecular formula is C49H107NO9P4S4. The lowest BCUT2D eigenvalue weighted by Gasteiger charge is -2.60. The molecule has 0 aromatic heterocycles. The third-order valence-electron chi connectivity index (χ3n) is 11.9. The number of amides is 1. The Hall–Kier alpha value is 0.920. The molecule has 0 aromatic carbocycles. The molecule has 10 nitrogen and oxygen atoms in total. The number of hydrogen-bond acceptors (Lipinski definition) is 9. The van der Waals surface area contributed by atoms with Crippen molar-refractivity contribution in [2.45, 2.75) is 187 Å². The molecule has 0 saturated carbocycles. The molecule has 0 aromatic rings. The molecule has 0 saturated heterocycles. The molecule has 406 valence electrons. The number of carbonyl (C=O) groups is 4. The van der Waals surface area contributed by atoms with Gasteiger partial charge in [0.05, 0.1) is 30.6 Å². The minimum absolute atomic E-state index is 0.0101. The Balaban J connectivity index is 5.12. The van der Waals surface area contributed by atoms with Crippen LogP contribution >= 0.6 is 69.5 Å². The molecule has 67 heavy (non-hydrogen) atoms. The van der Waals surface area contributed by atoms with E-state index in [1.54, 1.807) is 18.8 Å². The Morgan fingerprint density at radius 1 is 0.597 bits per heavy atom. The van der Waals surface area contributed by atoms with Crippen LogP contribution in [-0.2, 0) is 38.1 Å². The van der Waals surface area contributed by atoms with Crippen LogP contribution in [-0.4, -0.2) is 140 Å². The first-order chi connectivity index (χ1) is 33.1. The van der Waals surface area contributed by atoms with Crippen molar-refractivity contribution in [3.63, 3.8) is 0 Å². The molecule has 0 fully saturated rings. The molecule has 0 bridgehead atoms. The summed E-state index contributed by atoms with van der Waals surface area (Å²) in [6.45, 7) is 10.2. The maximum Gasteiger partial charge on any atom is 0.308 e. The zero-order valence-electron chi connectivity index (χ0n) is 48.6. The quantitative estimate of drug-likeness (QED) is 0.0116. The first kappa shape index (κ1) is 60.5. The van der Waals surface area contributed by atoms with E-state index in [9.17, 15) is 27.4 Å². The zero-order chi connectivity index (χ0) is 54.1. The van der Waals surface area contributed by atoms with E-state index in [1.807, 2.05) is 25.4 Å². The van der Waals surface area contributed by atoms with Gasteiger partial charge in [-0.25, -0.2) is 40.1 Å². The highest BCUT2D eigenvalue weighted by Crippen LogP contribution is 2.91. The summed E-state index contributed by atoms with van der Waals surface area (Å²) in [7, 11) is -11.6. The molecule has 0 heterocycles. The average molecular weight is 1110 g/mol. The van der Waals surface area contributed by atoms with E-state index in [0.29, 0.717) is 22.9 Å². The van der Waals surface area contributed by atoms with Crippen molar-refractivity contribution in [1.29, 1.82) is 4.50 Å². The molecule has 8 atom stereocenters. The summed E-state index contributed by atoms with van der Waals surface area (Å²) in [5, 5.41) is 0. The van der Waals surface area contributed by atoms with Crippen LogP contribution in [0.15, 0.2) is 0 Å². The van der Waals surface area contributed by atoms with E-state index >= 15 is 0 Å². The van der Waals surface area contributed by atoms with Crippen LogP contribution in [0.2, 0.25) is 0 Å². The second-order valence-electron chi connectivity index (χ2n) is 19.2. The standard InChI is InChI=1S/C49H107NO9P4S4/c1-12-14-16-18-20-22-24-26-28-30-32-34-47(52)57-40-45(59-49(54)35-33-31-29-27-25-23-21-19-17-15-13-2)41-58-48(53)37-39-56-38-36-46(51)50-67(9,10,11)63(5)66(8)44-62(4)65(7)43-61(3)64(6)42-60-55/h45,55,60,64-67H,12-44H2,1-11H3,(H,50,51)/t45-,61?,62?,63?/m0/s1/i64T,65T,66T,67T. The fourth-order valence-electron chi connectivity index (χ4n) is 7.21. The highest BCUT2D eigenvalue weighted by Gasteiger charge is 2.36. The fourth-order valence-corrected chi connectivity index (χ4v) is 47.2. The van der Waals surface area contributed by atoms with Gasteiger partial charge < -0.3 is 28.6 Å². The predicted molar refractivity (Wildman–Crippen MR) is 317 cm³/mol. The number of thiol groups is 4. The van der Waals surface area contributed by atoms with Crippen LogP contribution < -0.4 is 4.72 Å². The van der Waals surface area contributed by atoms with Gasteiger partial charge in [-0.05, 0) is 76.7 Å². The van der Waals surface area contributed by atoms with Crippen LogP contribution in [0, 0.1) is 0 Å². The summed E-state index contributed by atoms with van der Waals surface area (Å²) in [6.07, 6.45) is 35.2. The number of hydrogen-bond donors (Lipinski definition) is 6. The summed E-state index contributed by atoms with van der Waals surface area (Å²) in [5.41, 5.74) is 1.70. The van der Waals surface area contributed by atoms with Crippen LogP contribution in [0.4, 0.5) is 0 Å². The number of carbonyl (C=O) groups excluding carboxylic acids is 4. The van der Waals surface area contributed by atoms with E-state index < -0.39 is 78.7 Å². The largest absolute Gasteiger partial charge is 0.462 e. The lowest BCUT2D eigenvalue weighted by molar-refractivity contribution is -0.167. The predicted octanol–water partition coefficient (Wildman–Crippen LogP) is 14.5.